The Labute approximate surface area is 283 Å². The smallest absolute Gasteiger partial charge is 0.261 e. The first kappa shape index (κ1) is 32.2. The zero-order valence-electron chi connectivity index (χ0n) is 27.6. The number of aliphatic imine (C=N–C) groups is 1. The van der Waals surface area contributed by atoms with Crippen LogP contribution in [0.15, 0.2) is 64.8 Å². The Kier molecular flexibility index (Phi) is 8.43. The molecule has 10 nitrogen and oxygen atoms in total. The van der Waals surface area contributed by atoms with Crippen LogP contribution < -0.4 is 16.2 Å². The first-order valence-electron chi connectivity index (χ1n) is 16.6. The van der Waals surface area contributed by atoms with E-state index in [1.807, 2.05) is 11.8 Å². The number of benzene rings is 2. The number of halogens is 2. The summed E-state index contributed by atoms with van der Waals surface area (Å²) in [5.41, 5.74) is 1.99. The number of hydrogen-bond acceptors (Lipinski definition) is 6. The summed E-state index contributed by atoms with van der Waals surface area (Å²) in [5.74, 6) is 2.26. The van der Waals surface area contributed by atoms with E-state index in [0.717, 1.165) is 6.42 Å². The van der Waals surface area contributed by atoms with Gasteiger partial charge in [-0.3, -0.25) is 19.1 Å². The summed E-state index contributed by atoms with van der Waals surface area (Å²) in [5, 5.41) is 7.48. The van der Waals surface area contributed by atoms with Crippen LogP contribution in [0.25, 0.3) is 22.4 Å². The molecular formula is C36H40ClFN8O2. The van der Waals surface area contributed by atoms with Crippen molar-refractivity contribution in [1.29, 1.82) is 0 Å². The van der Waals surface area contributed by atoms with E-state index in [4.69, 9.17) is 21.6 Å². The maximum atomic E-state index is 14.6. The molecule has 250 valence electrons. The second-order valence-electron chi connectivity index (χ2n) is 14.2. The zero-order valence-corrected chi connectivity index (χ0v) is 28.3. The van der Waals surface area contributed by atoms with Crippen molar-refractivity contribution in [2.45, 2.75) is 65.6 Å². The summed E-state index contributed by atoms with van der Waals surface area (Å²) in [7, 11) is 0. The topological polar surface area (TPSA) is 117 Å². The molecule has 1 aliphatic heterocycles. The molecule has 4 aromatic rings. The van der Waals surface area contributed by atoms with Crippen LogP contribution in [0.3, 0.4) is 0 Å². The number of carbonyl (C=O) groups excluding carboxylic acids is 1. The van der Waals surface area contributed by atoms with Crippen molar-refractivity contribution < 1.29 is 9.18 Å². The highest BCUT2D eigenvalue weighted by molar-refractivity contribution is 6.30. The number of nitrogens with one attached hydrogen (secondary N) is 2. The molecule has 2 aromatic carbocycles. The maximum absolute atomic E-state index is 14.6. The van der Waals surface area contributed by atoms with Crippen molar-refractivity contribution in [2.75, 3.05) is 13.1 Å². The summed E-state index contributed by atoms with van der Waals surface area (Å²) in [6.45, 7) is 10.1. The molecule has 1 saturated heterocycles. The van der Waals surface area contributed by atoms with Gasteiger partial charge in [-0.2, -0.15) is 0 Å². The number of guanidine groups is 1. The molecule has 2 N–H and O–H groups in total. The van der Waals surface area contributed by atoms with E-state index in [0.29, 0.717) is 74.4 Å². The molecule has 0 radical (unpaired) electrons. The average Bonchev–Trinajstić information content (AvgIpc) is 3.05. The Morgan fingerprint density at radius 3 is 2.69 bits per heavy atom. The number of nitrogens with zero attached hydrogens (tertiary/aromatic N) is 6. The number of aromatic nitrogens is 4. The molecule has 2 bridgehead atoms. The molecule has 0 spiro atoms. The van der Waals surface area contributed by atoms with E-state index in [-0.39, 0.29) is 43.1 Å². The Morgan fingerprint density at radius 1 is 1.15 bits per heavy atom. The van der Waals surface area contributed by atoms with Crippen LogP contribution >= 0.6 is 11.6 Å². The van der Waals surface area contributed by atoms with Crippen LogP contribution in [-0.4, -0.2) is 61.5 Å². The molecule has 12 heteroatoms. The Hall–Kier alpha value is -4.38. The van der Waals surface area contributed by atoms with Crippen LogP contribution in [0, 0.1) is 29.0 Å². The van der Waals surface area contributed by atoms with Crippen molar-refractivity contribution >= 4 is 40.1 Å². The molecule has 1 amide bonds. The van der Waals surface area contributed by atoms with E-state index in [1.165, 1.54) is 17.1 Å². The third kappa shape index (κ3) is 6.04. The minimum atomic E-state index is -0.429. The van der Waals surface area contributed by atoms with Crippen molar-refractivity contribution in [3.63, 3.8) is 0 Å². The van der Waals surface area contributed by atoms with Crippen molar-refractivity contribution in [3.8, 4) is 11.5 Å². The number of fused-ring (bicyclic) bond motifs is 3. The second kappa shape index (κ2) is 12.6. The first-order valence-corrected chi connectivity index (χ1v) is 17.0. The molecule has 5 atom stereocenters. The van der Waals surface area contributed by atoms with Gasteiger partial charge < -0.3 is 15.5 Å². The average molecular weight is 671 g/mol. The Bertz CT molecular complexity index is 1970. The van der Waals surface area contributed by atoms with E-state index in [1.54, 1.807) is 48.9 Å². The molecule has 2 aromatic heterocycles. The third-order valence-electron chi connectivity index (χ3n) is 10.8. The van der Waals surface area contributed by atoms with Gasteiger partial charge in [0.25, 0.3) is 5.56 Å². The molecule has 48 heavy (non-hydrogen) atoms. The van der Waals surface area contributed by atoms with E-state index >= 15 is 0 Å². The maximum Gasteiger partial charge on any atom is 0.261 e. The van der Waals surface area contributed by atoms with Gasteiger partial charge in [-0.25, -0.2) is 19.4 Å². The third-order valence-corrected chi connectivity index (χ3v) is 11.0. The standard InChI is InChI=1S/C36H40ClFN8O2/c1-20-18-45(19-32(47)41-20)35(44-29-14-23-13-27(21(29)2)36(23,3)4)42-25-7-8-26-30(16-25)43-33(31-17-39-10-11-40-31)46(34(26)48)12-9-22-5-6-24(37)15-28(22)38/h5-8,10-11,15-17,20-21,23,27,29H,9,12-14,18-19H2,1-4H3,(H,41,47)(H,42,44)/t20-,21+,23-,27-,29-/m0/s1. The zero-order chi connectivity index (χ0) is 33.7. The molecule has 4 fully saturated rings. The molecular weight excluding hydrogens is 631 g/mol. The van der Waals surface area contributed by atoms with Crippen LogP contribution in [0.5, 0.6) is 0 Å². The van der Waals surface area contributed by atoms with Crippen LogP contribution in [-0.2, 0) is 17.8 Å². The summed E-state index contributed by atoms with van der Waals surface area (Å²) >= 11 is 5.95. The quantitative estimate of drug-likeness (QED) is 0.210. The van der Waals surface area contributed by atoms with Crippen molar-refractivity contribution in [2.24, 2.45) is 28.2 Å². The number of amides is 1. The molecule has 3 saturated carbocycles. The fourth-order valence-electron chi connectivity index (χ4n) is 7.97. The monoisotopic (exact) mass is 670 g/mol. The minimum Gasteiger partial charge on any atom is -0.353 e. The van der Waals surface area contributed by atoms with Crippen LogP contribution in [0.2, 0.25) is 5.02 Å². The highest BCUT2D eigenvalue weighted by Crippen LogP contribution is 2.61. The number of carbonyl (C=O) groups is 1. The second-order valence-corrected chi connectivity index (χ2v) is 14.6. The normalized spacial score (nSPS) is 25.0. The fourth-order valence-corrected chi connectivity index (χ4v) is 8.13. The van der Waals surface area contributed by atoms with Gasteiger partial charge in [0.05, 0.1) is 29.3 Å². The molecule has 8 rings (SSSR count). The highest BCUT2D eigenvalue weighted by Gasteiger charge is 2.56. The van der Waals surface area contributed by atoms with Gasteiger partial charge in [0.2, 0.25) is 5.91 Å². The predicted octanol–water partition coefficient (Wildman–Crippen LogP) is 5.36. The van der Waals surface area contributed by atoms with Crippen molar-refractivity contribution in [1.82, 2.24) is 35.1 Å². The highest BCUT2D eigenvalue weighted by atomic mass is 35.5. The summed E-state index contributed by atoms with van der Waals surface area (Å²) in [4.78, 5) is 47.2. The SMILES string of the molecule is C[C@H]1[C@@H](NC(=Nc2ccc3c(=O)n(CCc4ccc(Cl)cc4F)c(-c4cnccn4)nc3c2)N2CC(=O)N[C@@H](C)C2)C[C@@H]2C[C@@H]1C2(C)C. The number of aryl methyl sites for hydroxylation is 1. The lowest BCUT2D eigenvalue weighted by Gasteiger charge is -2.62. The van der Waals surface area contributed by atoms with Gasteiger partial charge >= 0.3 is 0 Å². The predicted molar refractivity (Wildman–Crippen MR) is 184 cm³/mol. The van der Waals surface area contributed by atoms with E-state index in [9.17, 15) is 14.0 Å². The van der Waals surface area contributed by atoms with Gasteiger partial charge in [-0.15, -0.1) is 0 Å². The Morgan fingerprint density at radius 2 is 1.98 bits per heavy atom. The largest absolute Gasteiger partial charge is 0.353 e. The molecule has 3 heterocycles. The molecule has 4 aliphatic rings. The van der Waals surface area contributed by atoms with Crippen LogP contribution in [0.4, 0.5) is 10.1 Å². The lowest BCUT2D eigenvalue weighted by atomic mass is 9.45. The first-order chi connectivity index (χ1) is 23.0. The number of rotatable bonds is 6. The summed E-state index contributed by atoms with van der Waals surface area (Å²) < 4.78 is 16.1. The Balaban J connectivity index is 1.26. The van der Waals surface area contributed by atoms with Gasteiger partial charge in [0, 0.05) is 42.6 Å². The summed E-state index contributed by atoms with van der Waals surface area (Å²) in [6, 6.07) is 10.1. The van der Waals surface area contributed by atoms with Gasteiger partial charge in [0.15, 0.2) is 11.8 Å². The molecule has 0 unspecified atom stereocenters. The number of hydrogen-bond donors (Lipinski definition) is 2. The van der Waals surface area contributed by atoms with Crippen LogP contribution in [0.1, 0.15) is 46.1 Å². The van der Waals surface area contributed by atoms with Crippen molar-refractivity contribution in [3.05, 3.63) is 81.7 Å². The lowest BCUT2D eigenvalue weighted by molar-refractivity contribution is -0.124. The van der Waals surface area contributed by atoms with Gasteiger partial charge in [0.1, 0.15) is 11.5 Å². The number of piperazine rings is 1. The van der Waals surface area contributed by atoms with E-state index < -0.39 is 5.82 Å². The summed E-state index contributed by atoms with van der Waals surface area (Å²) in [6.07, 6.45) is 7.22. The van der Waals surface area contributed by atoms with Gasteiger partial charge in [-0.05, 0) is 85.3 Å². The van der Waals surface area contributed by atoms with Gasteiger partial charge in [-0.1, -0.05) is 38.4 Å². The fraction of sp³-hybridized carbons (Fsp3) is 0.444. The van der Waals surface area contributed by atoms with E-state index in [2.05, 4.69) is 41.4 Å². The lowest BCUT2D eigenvalue weighted by Crippen LogP contribution is -2.63. The molecule has 3 aliphatic carbocycles. The minimum absolute atomic E-state index is 0.0259.